The van der Waals surface area contributed by atoms with Crippen molar-refractivity contribution < 1.29 is 8.42 Å². The molecular formula is C11H13N5O2S2. The van der Waals surface area contributed by atoms with E-state index in [2.05, 4.69) is 19.9 Å². The molecule has 0 amide bonds. The lowest BCUT2D eigenvalue weighted by molar-refractivity contribution is 0.579. The molecule has 0 bridgehead atoms. The molecule has 0 atom stereocenters. The average molecular weight is 311 g/mol. The van der Waals surface area contributed by atoms with Gasteiger partial charge in [-0.2, -0.15) is 5.10 Å². The van der Waals surface area contributed by atoms with Crippen LogP contribution in [0.2, 0.25) is 0 Å². The summed E-state index contributed by atoms with van der Waals surface area (Å²) in [7, 11) is -3.59. The fraction of sp³-hybridized carbons (Fsp3) is 0.273. The fourth-order valence-corrected chi connectivity index (χ4v) is 4.12. The first-order valence-electron chi connectivity index (χ1n) is 5.89. The van der Waals surface area contributed by atoms with E-state index in [9.17, 15) is 8.42 Å². The van der Waals surface area contributed by atoms with E-state index in [4.69, 9.17) is 0 Å². The van der Waals surface area contributed by atoms with Crippen LogP contribution in [-0.2, 0) is 16.6 Å². The van der Waals surface area contributed by atoms with E-state index in [0.29, 0.717) is 17.1 Å². The molecular weight excluding hydrogens is 298 g/mol. The van der Waals surface area contributed by atoms with Crippen molar-refractivity contribution >= 4 is 26.3 Å². The molecule has 106 valence electrons. The molecule has 3 aromatic rings. The second-order valence-corrected chi connectivity index (χ2v) is 6.99. The zero-order valence-corrected chi connectivity index (χ0v) is 12.5. The third-order valence-electron chi connectivity index (χ3n) is 2.92. The molecule has 0 fully saturated rings. The van der Waals surface area contributed by atoms with E-state index in [1.165, 1.54) is 11.3 Å². The molecule has 2 N–H and O–H groups in total. The monoisotopic (exact) mass is 311 g/mol. The summed E-state index contributed by atoms with van der Waals surface area (Å²) in [5.74, 6) is 0. The highest BCUT2D eigenvalue weighted by atomic mass is 32.2. The van der Waals surface area contributed by atoms with Gasteiger partial charge in [-0.25, -0.2) is 18.1 Å². The molecule has 9 heteroatoms. The van der Waals surface area contributed by atoms with Crippen LogP contribution in [-0.4, -0.2) is 28.0 Å². The third-order valence-corrected chi connectivity index (χ3v) is 5.35. The molecule has 3 rings (SSSR count). The van der Waals surface area contributed by atoms with Gasteiger partial charge in [0.1, 0.15) is 4.90 Å². The van der Waals surface area contributed by atoms with Crippen molar-refractivity contribution in [2.75, 3.05) is 0 Å². The molecule has 0 saturated carbocycles. The van der Waals surface area contributed by atoms with Crippen LogP contribution >= 0.6 is 11.3 Å². The summed E-state index contributed by atoms with van der Waals surface area (Å²) < 4.78 is 28.9. The Balaban J connectivity index is 1.82. The molecule has 0 radical (unpaired) electrons. The van der Waals surface area contributed by atoms with E-state index >= 15 is 0 Å². The van der Waals surface area contributed by atoms with E-state index in [-0.39, 0.29) is 11.4 Å². The number of rotatable bonds is 4. The largest absolute Gasteiger partial charge is 0.297 e. The molecule has 7 nitrogen and oxygen atoms in total. The van der Waals surface area contributed by atoms with E-state index in [1.807, 2.05) is 22.2 Å². The summed E-state index contributed by atoms with van der Waals surface area (Å²) in [4.78, 5) is 5.38. The quantitative estimate of drug-likeness (QED) is 0.757. The molecule has 0 aliphatic heterocycles. The number of aryl methyl sites for hydroxylation is 2. The van der Waals surface area contributed by atoms with Gasteiger partial charge in [-0.05, 0) is 13.8 Å². The summed E-state index contributed by atoms with van der Waals surface area (Å²) in [5, 5.41) is 8.50. The SMILES string of the molecule is Cc1n[nH]c(C)c1S(=O)(=O)NCc1cn2ccsc2n1. The van der Waals surface area contributed by atoms with Crippen molar-refractivity contribution in [1.29, 1.82) is 0 Å². The molecule has 20 heavy (non-hydrogen) atoms. The van der Waals surface area contributed by atoms with E-state index in [0.717, 1.165) is 4.96 Å². The lowest BCUT2D eigenvalue weighted by atomic mass is 10.4. The highest BCUT2D eigenvalue weighted by Gasteiger charge is 2.22. The summed E-state index contributed by atoms with van der Waals surface area (Å²) in [6.45, 7) is 3.49. The standard InChI is InChI=1S/C11H13N5O2S2/c1-7-10(8(2)15-14-7)20(17,18)12-5-9-6-16-3-4-19-11(16)13-9/h3-4,6,12H,5H2,1-2H3,(H,14,15). The molecule has 0 aromatic carbocycles. The van der Waals surface area contributed by atoms with Crippen LogP contribution in [0.1, 0.15) is 17.1 Å². The van der Waals surface area contributed by atoms with E-state index < -0.39 is 10.0 Å². The van der Waals surface area contributed by atoms with Crippen LogP contribution in [0, 0.1) is 13.8 Å². The van der Waals surface area contributed by atoms with Crippen molar-refractivity contribution in [2.45, 2.75) is 25.3 Å². The van der Waals surface area contributed by atoms with Crippen LogP contribution in [0.15, 0.2) is 22.7 Å². The fourth-order valence-electron chi connectivity index (χ4n) is 2.04. The lowest BCUT2D eigenvalue weighted by Gasteiger charge is -2.05. The molecule has 0 aliphatic rings. The predicted octanol–water partition coefficient (Wildman–Crippen LogP) is 1.21. The van der Waals surface area contributed by atoms with Crippen molar-refractivity contribution in [3.63, 3.8) is 0 Å². The molecule has 3 aromatic heterocycles. The molecule has 0 unspecified atom stereocenters. The number of aromatic nitrogens is 4. The molecule has 0 spiro atoms. The minimum absolute atomic E-state index is 0.154. The Morgan fingerprint density at radius 3 is 2.90 bits per heavy atom. The van der Waals surface area contributed by atoms with Crippen LogP contribution in [0.3, 0.4) is 0 Å². The number of nitrogens with one attached hydrogen (secondary N) is 2. The second-order valence-electron chi connectivity index (χ2n) is 4.41. The Bertz CT molecular complexity index is 811. The Morgan fingerprint density at radius 1 is 1.45 bits per heavy atom. The zero-order valence-electron chi connectivity index (χ0n) is 10.9. The summed E-state index contributed by atoms with van der Waals surface area (Å²) in [6, 6.07) is 0. The summed E-state index contributed by atoms with van der Waals surface area (Å²) in [6.07, 6.45) is 3.69. The van der Waals surface area contributed by atoms with Gasteiger partial charge in [-0.15, -0.1) is 11.3 Å². The first-order chi connectivity index (χ1) is 9.47. The topological polar surface area (TPSA) is 92.1 Å². The van der Waals surface area contributed by atoms with Gasteiger partial charge in [0.25, 0.3) is 0 Å². The zero-order chi connectivity index (χ0) is 14.3. The number of hydrogen-bond donors (Lipinski definition) is 2. The van der Waals surface area contributed by atoms with Gasteiger partial charge in [-0.3, -0.25) is 9.50 Å². The van der Waals surface area contributed by atoms with Crippen molar-refractivity contribution in [3.05, 3.63) is 34.9 Å². The maximum absolute atomic E-state index is 12.3. The Hall–Kier alpha value is -1.71. The number of hydrogen-bond acceptors (Lipinski definition) is 5. The van der Waals surface area contributed by atoms with Gasteiger partial charge in [0.15, 0.2) is 4.96 Å². The minimum Gasteiger partial charge on any atom is -0.297 e. The highest BCUT2D eigenvalue weighted by molar-refractivity contribution is 7.89. The highest BCUT2D eigenvalue weighted by Crippen LogP contribution is 2.17. The van der Waals surface area contributed by atoms with Gasteiger partial charge in [-0.1, -0.05) is 0 Å². The number of aromatic amines is 1. The number of imidazole rings is 1. The minimum atomic E-state index is -3.59. The van der Waals surface area contributed by atoms with Crippen molar-refractivity contribution in [3.8, 4) is 0 Å². The third kappa shape index (κ3) is 2.23. The smallest absolute Gasteiger partial charge is 0.244 e. The first-order valence-corrected chi connectivity index (χ1v) is 8.26. The maximum atomic E-state index is 12.3. The second kappa shape index (κ2) is 4.69. The van der Waals surface area contributed by atoms with Gasteiger partial charge >= 0.3 is 0 Å². The summed E-state index contributed by atoms with van der Waals surface area (Å²) in [5.41, 5.74) is 1.67. The Labute approximate surface area is 119 Å². The maximum Gasteiger partial charge on any atom is 0.244 e. The van der Waals surface area contributed by atoms with Crippen LogP contribution in [0.25, 0.3) is 4.96 Å². The molecule has 0 aliphatic carbocycles. The first kappa shape index (κ1) is 13.3. The van der Waals surface area contributed by atoms with Crippen molar-refractivity contribution in [2.24, 2.45) is 0 Å². The average Bonchev–Trinajstić information content (AvgIpc) is 3.01. The Kier molecular flexibility index (Phi) is 3.11. The number of thiazole rings is 1. The van der Waals surface area contributed by atoms with E-state index in [1.54, 1.807) is 13.8 Å². The molecule has 0 saturated heterocycles. The number of nitrogens with zero attached hydrogens (tertiary/aromatic N) is 3. The van der Waals surface area contributed by atoms with Gasteiger partial charge < -0.3 is 0 Å². The normalized spacial score (nSPS) is 12.3. The Morgan fingerprint density at radius 2 is 2.25 bits per heavy atom. The number of sulfonamides is 1. The number of fused-ring (bicyclic) bond motifs is 1. The summed E-state index contributed by atoms with van der Waals surface area (Å²) >= 11 is 1.50. The lowest BCUT2D eigenvalue weighted by Crippen LogP contribution is -2.24. The predicted molar refractivity (Wildman–Crippen MR) is 75.2 cm³/mol. The van der Waals surface area contributed by atoms with Gasteiger partial charge in [0.2, 0.25) is 10.0 Å². The van der Waals surface area contributed by atoms with Crippen LogP contribution in [0.4, 0.5) is 0 Å². The van der Waals surface area contributed by atoms with Gasteiger partial charge in [0, 0.05) is 17.8 Å². The van der Waals surface area contributed by atoms with Gasteiger partial charge in [0.05, 0.1) is 23.6 Å². The van der Waals surface area contributed by atoms with Crippen molar-refractivity contribution in [1.82, 2.24) is 24.3 Å². The van der Waals surface area contributed by atoms with Crippen LogP contribution < -0.4 is 4.72 Å². The molecule has 3 heterocycles. The number of H-pyrrole nitrogens is 1. The van der Waals surface area contributed by atoms with Crippen LogP contribution in [0.5, 0.6) is 0 Å².